The van der Waals surface area contributed by atoms with Crippen molar-refractivity contribution in [3.8, 4) is 24.2 Å². The van der Waals surface area contributed by atoms with E-state index in [0.717, 1.165) is 6.07 Å². The van der Waals surface area contributed by atoms with Gasteiger partial charge in [0.05, 0.1) is 9.82 Å². The maximum Gasteiger partial charge on any atom is 0.272 e. The van der Waals surface area contributed by atoms with Gasteiger partial charge < -0.3 is 0 Å². The predicted octanol–water partition coefficient (Wildman–Crippen LogP) is 2.29. The summed E-state index contributed by atoms with van der Waals surface area (Å²) in [5.74, 6) is 7.70. The van der Waals surface area contributed by atoms with E-state index in [1.54, 1.807) is 0 Å². The Morgan fingerprint density at radius 2 is 2.00 bits per heavy atom. The molecule has 0 saturated heterocycles. The summed E-state index contributed by atoms with van der Waals surface area (Å²) in [7, 11) is 1.12. The molecule has 0 atom stereocenters. The number of halogens is 1. The Morgan fingerprint density at radius 1 is 1.32 bits per heavy atom. The minimum atomic E-state index is -4.05. The van der Waals surface area contributed by atoms with E-state index < -0.39 is 14.0 Å². The number of non-ortho nitro benzene ring substituents is 1. The zero-order chi connectivity index (χ0) is 14.5. The van der Waals surface area contributed by atoms with Crippen LogP contribution in [0.2, 0.25) is 0 Å². The van der Waals surface area contributed by atoms with Crippen molar-refractivity contribution in [3.63, 3.8) is 0 Å². The molecule has 0 radical (unpaired) electrons. The summed E-state index contributed by atoms with van der Waals surface area (Å²) < 4.78 is 22.4. The summed E-state index contributed by atoms with van der Waals surface area (Å²) >= 11 is 0. The van der Waals surface area contributed by atoms with Crippen LogP contribution >= 0.6 is 10.7 Å². The number of unbranched alkanes of at least 4 members (excludes halogenated alkanes) is 1. The first-order valence-corrected chi connectivity index (χ1v) is 7.32. The fraction of sp³-hybridized carbons (Fsp3) is 0.167. The van der Waals surface area contributed by atoms with Gasteiger partial charge in [-0.1, -0.05) is 11.8 Å². The van der Waals surface area contributed by atoms with Gasteiger partial charge in [-0.05, 0) is 6.07 Å². The Kier molecular flexibility index (Phi) is 4.94. The van der Waals surface area contributed by atoms with Gasteiger partial charge in [0.2, 0.25) is 0 Å². The van der Waals surface area contributed by atoms with Crippen molar-refractivity contribution in [1.82, 2.24) is 0 Å². The standard InChI is InChI=1S/C12H8ClNO4S/c1-2-3-4-5-6-10-7-11(14(15)16)9-12(8-10)19(13,17)18/h1,7-9H,3-4H2. The second kappa shape index (κ2) is 6.24. The number of terminal acetylenes is 1. The Balaban J connectivity index is 3.25. The lowest BCUT2D eigenvalue weighted by molar-refractivity contribution is -0.385. The minimum Gasteiger partial charge on any atom is -0.258 e. The monoisotopic (exact) mass is 297 g/mol. The molecular formula is C12H8ClNO4S. The van der Waals surface area contributed by atoms with Gasteiger partial charge in [0, 0.05) is 41.2 Å². The molecule has 0 bridgehead atoms. The molecule has 1 aromatic carbocycles. The van der Waals surface area contributed by atoms with E-state index in [4.69, 9.17) is 17.1 Å². The van der Waals surface area contributed by atoms with Crippen LogP contribution < -0.4 is 0 Å². The Bertz CT molecular complexity index is 707. The van der Waals surface area contributed by atoms with Crippen LogP contribution in [-0.4, -0.2) is 13.3 Å². The lowest BCUT2D eigenvalue weighted by atomic mass is 10.2. The van der Waals surface area contributed by atoms with Crippen molar-refractivity contribution in [1.29, 1.82) is 0 Å². The van der Waals surface area contributed by atoms with E-state index in [1.165, 1.54) is 12.1 Å². The third kappa shape index (κ3) is 4.63. The second-order valence-electron chi connectivity index (χ2n) is 3.42. The highest BCUT2D eigenvalue weighted by Crippen LogP contribution is 2.23. The molecule has 0 N–H and O–H groups in total. The summed E-state index contributed by atoms with van der Waals surface area (Å²) in [6, 6.07) is 3.24. The van der Waals surface area contributed by atoms with Crippen LogP contribution in [0.25, 0.3) is 0 Å². The van der Waals surface area contributed by atoms with Gasteiger partial charge in [-0.25, -0.2) is 8.42 Å². The van der Waals surface area contributed by atoms with Crippen LogP contribution in [0.1, 0.15) is 18.4 Å². The van der Waals surface area contributed by atoms with Crippen molar-refractivity contribution >= 4 is 25.4 Å². The molecular weight excluding hydrogens is 290 g/mol. The highest BCUT2D eigenvalue weighted by molar-refractivity contribution is 8.13. The van der Waals surface area contributed by atoms with Gasteiger partial charge >= 0.3 is 0 Å². The van der Waals surface area contributed by atoms with E-state index in [1.807, 2.05) is 0 Å². The molecule has 0 aliphatic rings. The molecule has 19 heavy (non-hydrogen) atoms. The molecule has 0 aliphatic carbocycles. The molecule has 7 heteroatoms. The average Bonchev–Trinajstić information content (AvgIpc) is 2.33. The molecule has 0 unspecified atom stereocenters. The van der Waals surface area contributed by atoms with Crippen LogP contribution in [0, 0.1) is 34.3 Å². The second-order valence-corrected chi connectivity index (χ2v) is 5.98. The summed E-state index contributed by atoms with van der Waals surface area (Å²) in [5, 5.41) is 10.7. The smallest absolute Gasteiger partial charge is 0.258 e. The summed E-state index contributed by atoms with van der Waals surface area (Å²) in [6.07, 6.45) is 5.91. The van der Waals surface area contributed by atoms with Gasteiger partial charge in [0.1, 0.15) is 0 Å². The third-order valence-electron chi connectivity index (χ3n) is 2.01. The number of hydrogen-bond donors (Lipinski definition) is 0. The van der Waals surface area contributed by atoms with Crippen molar-refractivity contribution in [3.05, 3.63) is 33.9 Å². The average molecular weight is 298 g/mol. The first-order valence-electron chi connectivity index (χ1n) is 5.01. The highest BCUT2D eigenvalue weighted by atomic mass is 35.7. The van der Waals surface area contributed by atoms with Crippen molar-refractivity contribution in [2.24, 2.45) is 0 Å². The van der Waals surface area contributed by atoms with E-state index in [0.29, 0.717) is 12.8 Å². The van der Waals surface area contributed by atoms with Crippen LogP contribution in [-0.2, 0) is 9.05 Å². The number of rotatable bonds is 3. The SMILES string of the molecule is C#CCCC#Cc1cc([N+](=O)[O-])cc(S(=O)(=O)Cl)c1. The van der Waals surface area contributed by atoms with Crippen molar-refractivity contribution < 1.29 is 13.3 Å². The topological polar surface area (TPSA) is 77.3 Å². The van der Waals surface area contributed by atoms with Gasteiger partial charge in [0.15, 0.2) is 0 Å². The quantitative estimate of drug-likeness (QED) is 0.282. The first-order chi connectivity index (χ1) is 8.84. The lowest BCUT2D eigenvalue weighted by Crippen LogP contribution is -1.95. The maximum absolute atomic E-state index is 11.2. The van der Waals surface area contributed by atoms with Gasteiger partial charge in [-0.2, -0.15) is 0 Å². The highest BCUT2D eigenvalue weighted by Gasteiger charge is 2.16. The number of nitrogens with zero attached hydrogens (tertiary/aromatic N) is 1. The van der Waals surface area contributed by atoms with Crippen molar-refractivity contribution in [2.75, 3.05) is 0 Å². The molecule has 0 fully saturated rings. The Hall–Kier alpha value is -2.02. The van der Waals surface area contributed by atoms with E-state index >= 15 is 0 Å². The maximum atomic E-state index is 11.2. The third-order valence-corrected chi connectivity index (χ3v) is 3.34. The molecule has 0 aromatic heterocycles. The van der Waals surface area contributed by atoms with Gasteiger partial charge in [-0.3, -0.25) is 10.1 Å². The van der Waals surface area contributed by atoms with Crippen LogP contribution in [0.4, 0.5) is 5.69 Å². The molecule has 0 aliphatic heterocycles. The van der Waals surface area contributed by atoms with E-state index in [9.17, 15) is 18.5 Å². The molecule has 1 rings (SSSR count). The minimum absolute atomic E-state index is 0.199. The molecule has 5 nitrogen and oxygen atoms in total. The summed E-state index contributed by atoms with van der Waals surface area (Å²) in [4.78, 5) is 9.63. The number of hydrogen-bond acceptors (Lipinski definition) is 4. The zero-order valence-corrected chi connectivity index (χ0v) is 11.2. The van der Waals surface area contributed by atoms with Crippen LogP contribution in [0.5, 0.6) is 0 Å². The van der Waals surface area contributed by atoms with Gasteiger partial charge in [0.25, 0.3) is 14.7 Å². The van der Waals surface area contributed by atoms with E-state index in [-0.39, 0.29) is 16.1 Å². The molecule has 0 amide bonds. The largest absolute Gasteiger partial charge is 0.272 e. The Morgan fingerprint density at radius 3 is 2.53 bits per heavy atom. The van der Waals surface area contributed by atoms with Crippen LogP contribution in [0.3, 0.4) is 0 Å². The number of benzene rings is 1. The predicted molar refractivity (Wildman–Crippen MR) is 71.1 cm³/mol. The van der Waals surface area contributed by atoms with E-state index in [2.05, 4.69) is 17.8 Å². The van der Waals surface area contributed by atoms with Crippen molar-refractivity contribution in [2.45, 2.75) is 17.7 Å². The zero-order valence-electron chi connectivity index (χ0n) is 9.59. The summed E-state index contributed by atoms with van der Waals surface area (Å²) in [5.41, 5.74) is -0.187. The lowest BCUT2D eigenvalue weighted by Gasteiger charge is -1.98. The normalized spacial score (nSPS) is 10.1. The van der Waals surface area contributed by atoms with Gasteiger partial charge in [-0.15, -0.1) is 12.3 Å². The molecule has 0 saturated carbocycles. The molecule has 98 valence electrons. The molecule has 0 heterocycles. The molecule has 0 spiro atoms. The number of nitro groups is 1. The van der Waals surface area contributed by atoms with Crippen LogP contribution in [0.15, 0.2) is 23.1 Å². The summed E-state index contributed by atoms with van der Waals surface area (Å²) in [6.45, 7) is 0. The fourth-order valence-electron chi connectivity index (χ4n) is 1.20. The first kappa shape index (κ1) is 15.0. The Labute approximate surface area is 115 Å². The molecule has 1 aromatic rings. The fourth-order valence-corrected chi connectivity index (χ4v) is 2.00. The number of nitro benzene ring substituents is 1.